The van der Waals surface area contributed by atoms with E-state index in [2.05, 4.69) is 9.88 Å². The first kappa shape index (κ1) is 15.4. The van der Waals surface area contributed by atoms with Crippen molar-refractivity contribution in [2.45, 2.75) is 38.0 Å². The van der Waals surface area contributed by atoms with E-state index in [4.69, 9.17) is 0 Å². The molecule has 4 nitrogen and oxygen atoms in total. The Bertz CT molecular complexity index is 569. The summed E-state index contributed by atoms with van der Waals surface area (Å²) in [6.45, 7) is 6.79. The van der Waals surface area contributed by atoms with Crippen LogP contribution in [0.25, 0.3) is 0 Å². The largest absolute Gasteiger partial charge is 0.295 e. The van der Waals surface area contributed by atoms with Crippen molar-refractivity contribution in [1.29, 1.82) is 0 Å². The Morgan fingerprint density at radius 3 is 2.65 bits per heavy atom. The Balaban J connectivity index is 2.16. The highest BCUT2D eigenvalue weighted by molar-refractivity contribution is 7.92. The minimum atomic E-state index is -3.07. The Labute approximate surface area is 119 Å². The molecule has 0 N–H and O–H groups in total. The van der Waals surface area contributed by atoms with Gasteiger partial charge in [-0.1, -0.05) is 6.07 Å². The molecule has 1 aromatic heterocycles. The lowest BCUT2D eigenvalue weighted by molar-refractivity contribution is 0.219. The van der Waals surface area contributed by atoms with Gasteiger partial charge in [0, 0.05) is 25.3 Å². The van der Waals surface area contributed by atoms with E-state index in [0.29, 0.717) is 19.5 Å². The van der Waals surface area contributed by atoms with Gasteiger partial charge in [-0.3, -0.25) is 4.90 Å². The summed E-state index contributed by atoms with van der Waals surface area (Å²) in [6.07, 6.45) is 2.12. The fourth-order valence-electron chi connectivity index (χ4n) is 2.43. The average Bonchev–Trinajstić information content (AvgIpc) is 2.48. The van der Waals surface area contributed by atoms with Crippen LogP contribution in [0.1, 0.15) is 38.8 Å². The quantitative estimate of drug-likeness (QED) is 0.786. The molecule has 0 radical (unpaired) electrons. The van der Waals surface area contributed by atoms with E-state index in [1.54, 1.807) is 19.9 Å². The summed E-state index contributed by atoms with van der Waals surface area (Å²) >= 11 is 0. The molecule has 0 saturated carbocycles. The molecular weight excluding hydrogens is 279 g/mol. The second kappa shape index (κ2) is 5.41. The van der Waals surface area contributed by atoms with Gasteiger partial charge in [0.25, 0.3) is 0 Å². The minimum Gasteiger partial charge on any atom is -0.295 e. The van der Waals surface area contributed by atoms with Gasteiger partial charge in [-0.15, -0.1) is 0 Å². The highest BCUT2D eigenvalue weighted by Crippen LogP contribution is 2.29. The first-order valence-electron chi connectivity index (χ1n) is 6.81. The molecule has 0 aliphatic carbocycles. The van der Waals surface area contributed by atoms with Crippen molar-refractivity contribution in [3.63, 3.8) is 0 Å². The first-order chi connectivity index (χ1) is 9.23. The van der Waals surface area contributed by atoms with Gasteiger partial charge < -0.3 is 0 Å². The van der Waals surface area contributed by atoms with Crippen molar-refractivity contribution in [2.24, 2.45) is 0 Å². The van der Waals surface area contributed by atoms with E-state index in [1.165, 1.54) is 12.3 Å². The number of hydrogen-bond acceptors (Lipinski definition) is 4. The number of halogens is 1. The summed E-state index contributed by atoms with van der Waals surface area (Å²) in [7, 11) is -3.07. The van der Waals surface area contributed by atoms with Gasteiger partial charge >= 0.3 is 0 Å². The highest BCUT2D eigenvalue weighted by atomic mass is 32.2. The normalized spacial score (nSPS) is 24.0. The molecule has 1 aliphatic heterocycles. The number of nitrogens with zero attached hydrogens (tertiary/aromatic N) is 2. The van der Waals surface area contributed by atoms with Gasteiger partial charge in [0.15, 0.2) is 9.84 Å². The van der Waals surface area contributed by atoms with Gasteiger partial charge in [-0.25, -0.2) is 13.4 Å². The van der Waals surface area contributed by atoms with Crippen LogP contribution in [-0.2, 0) is 9.84 Å². The van der Waals surface area contributed by atoms with Gasteiger partial charge in [-0.2, -0.15) is 4.39 Å². The lowest BCUT2D eigenvalue weighted by atomic mass is 10.1. The fraction of sp³-hybridized carbons (Fsp3) is 0.643. The molecule has 1 fully saturated rings. The van der Waals surface area contributed by atoms with E-state index < -0.39 is 20.5 Å². The Morgan fingerprint density at radius 2 is 2.05 bits per heavy atom. The van der Waals surface area contributed by atoms with Crippen molar-refractivity contribution in [2.75, 3.05) is 18.8 Å². The molecule has 1 aliphatic rings. The Morgan fingerprint density at radius 1 is 1.35 bits per heavy atom. The molecule has 1 saturated heterocycles. The van der Waals surface area contributed by atoms with Crippen LogP contribution in [0.15, 0.2) is 18.3 Å². The molecule has 0 amide bonds. The highest BCUT2D eigenvalue weighted by Gasteiger charge is 2.37. The lowest BCUT2D eigenvalue weighted by Gasteiger charge is -2.27. The SMILES string of the molecule is CC(c1ccc(F)nc1)N1CCC(C)(C)S(=O)(=O)CC1. The fourth-order valence-corrected chi connectivity index (χ4v) is 3.86. The summed E-state index contributed by atoms with van der Waals surface area (Å²) in [5.74, 6) is -0.334. The zero-order valence-corrected chi connectivity index (χ0v) is 13.0. The summed E-state index contributed by atoms with van der Waals surface area (Å²) in [5.41, 5.74) is 0.906. The van der Waals surface area contributed by atoms with Crippen molar-refractivity contribution in [3.8, 4) is 0 Å². The smallest absolute Gasteiger partial charge is 0.212 e. The Hall–Kier alpha value is -1.01. The topological polar surface area (TPSA) is 50.3 Å². The third kappa shape index (κ3) is 3.01. The summed E-state index contributed by atoms with van der Waals surface area (Å²) in [4.78, 5) is 5.79. The lowest BCUT2D eigenvalue weighted by Crippen LogP contribution is -2.33. The summed E-state index contributed by atoms with van der Waals surface area (Å²) < 4.78 is 36.5. The van der Waals surface area contributed by atoms with Crippen LogP contribution >= 0.6 is 0 Å². The second-order valence-electron chi connectivity index (χ2n) is 5.95. The van der Waals surface area contributed by atoms with Crippen LogP contribution in [0.4, 0.5) is 4.39 Å². The van der Waals surface area contributed by atoms with Gasteiger partial charge in [0.1, 0.15) is 0 Å². The van der Waals surface area contributed by atoms with E-state index >= 15 is 0 Å². The van der Waals surface area contributed by atoms with E-state index in [1.807, 2.05) is 6.92 Å². The number of aromatic nitrogens is 1. The van der Waals surface area contributed by atoms with Crippen molar-refractivity contribution in [3.05, 3.63) is 29.8 Å². The van der Waals surface area contributed by atoms with Crippen LogP contribution in [0.3, 0.4) is 0 Å². The molecule has 2 heterocycles. The number of rotatable bonds is 2. The molecule has 6 heteroatoms. The molecule has 1 aromatic rings. The molecule has 1 atom stereocenters. The maximum absolute atomic E-state index is 12.9. The van der Waals surface area contributed by atoms with Crippen LogP contribution in [0.2, 0.25) is 0 Å². The first-order valence-corrected chi connectivity index (χ1v) is 8.46. The van der Waals surface area contributed by atoms with Crippen LogP contribution in [0.5, 0.6) is 0 Å². The minimum absolute atomic E-state index is 0.0344. The van der Waals surface area contributed by atoms with Gasteiger partial charge in [0.2, 0.25) is 5.95 Å². The molecular formula is C14H21FN2O2S. The van der Waals surface area contributed by atoms with Crippen LogP contribution < -0.4 is 0 Å². The van der Waals surface area contributed by atoms with Gasteiger partial charge in [-0.05, 0) is 38.8 Å². The molecule has 1 unspecified atom stereocenters. The van der Waals surface area contributed by atoms with Crippen LogP contribution in [0, 0.1) is 5.95 Å². The molecule has 20 heavy (non-hydrogen) atoms. The maximum Gasteiger partial charge on any atom is 0.212 e. The molecule has 2 rings (SSSR count). The number of pyridine rings is 1. The van der Waals surface area contributed by atoms with E-state index in [9.17, 15) is 12.8 Å². The third-order valence-corrected chi connectivity index (χ3v) is 6.88. The van der Waals surface area contributed by atoms with E-state index in [-0.39, 0.29) is 11.8 Å². The van der Waals surface area contributed by atoms with Crippen molar-refractivity contribution < 1.29 is 12.8 Å². The maximum atomic E-state index is 12.9. The summed E-state index contributed by atoms with van der Waals surface area (Å²) in [6, 6.07) is 3.08. The van der Waals surface area contributed by atoms with Gasteiger partial charge in [0.05, 0.1) is 10.5 Å². The van der Waals surface area contributed by atoms with Crippen molar-refractivity contribution >= 4 is 9.84 Å². The molecule has 0 aromatic carbocycles. The average molecular weight is 300 g/mol. The third-order valence-electron chi connectivity index (χ3n) is 4.27. The second-order valence-corrected chi connectivity index (χ2v) is 8.70. The standard InChI is InChI=1S/C14H21FN2O2S/c1-11(12-4-5-13(15)16-10-12)17-7-6-14(2,3)20(18,19)9-8-17/h4-5,10-11H,6-9H2,1-3H3. The monoisotopic (exact) mass is 300 g/mol. The molecule has 112 valence electrons. The predicted molar refractivity (Wildman–Crippen MR) is 76.7 cm³/mol. The Kier molecular flexibility index (Phi) is 4.16. The summed E-state index contributed by atoms with van der Waals surface area (Å²) in [5, 5.41) is 0. The molecule has 0 spiro atoms. The molecule has 0 bridgehead atoms. The zero-order valence-electron chi connectivity index (χ0n) is 12.1. The van der Waals surface area contributed by atoms with Crippen molar-refractivity contribution in [1.82, 2.24) is 9.88 Å². The van der Waals surface area contributed by atoms with E-state index in [0.717, 1.165) is 5.56 Å². The predicted octanol–water partition coefficient (Wildman–Crippen LogP) is 2.18. The number of hydrogen-bond donors (Lipinski definition) is 0. The number of sulfone groups is 1. The zero-order chi connectivity index (χ0) is 15.0. The van der Waals surface area contributed by atoms with Crippen LogP contribution in [-0.4, -0.2) is 41.9 Å².